The molecule has 2 aromatic carbocycles. The summed E-state index contributed by atoms with van der Waals surface area (Å²) in [5.41, 5.74) is 4.63. The third-order valence-corrected chi connectivity index (χ3v) is 3.44. The summed E-state index contributed by atoms with van der Waals surface area (Å²) in [6.07, 6.45) is 0.832. The van der Waals surface area contributed by atoms with Gasteiger partial charge in [0.15, 0.2) is 0 Å². The first kappa shape index (κ1) is 12.1. The summed E-state index contributed by atoms with van der Waals surface area (Å²) in [6.45, 7) is 2.08. The van der Waals surface area contributed by atoms with Crippen molar-refractivity contribution in [3.63, 3.8) is 0 Å². The smallest absolute Gasteiger partial charge is 0.0939 e. The monoisotopic (exact) mass is 268 g/mol. The Labute approximate surface area is 117 Å². The van der Waals surface area contributed by atoms with Gasteiger partial charge in [-0.1, -0.05) is 48.9 Å². The Hall–Kier alpha value is -1.93. The number of benzene rings is 2. The third kappa shape index (κ3) is 2.20. The van der Waals surface area contributed by atoms with Gasteiger partial charge in [0.1, 0.15) is 0 Å². The SMILES string of the molecule is CCc1nc2ccccc2nc1-c1ccccc1Cl. The first-order valence-corrected chi connectivity index (χ1v) is 6.68. The van der Waals surface area contributed by atoms with E-state index in [1.165, 1.54) is 0 Å². The van der Waals surface area contributed by atoms with Crippen LogP contribution in [0.15, 0.2) is 48.5 Å². The number of aryl methyl sites for hydroxylation is 1. The highest BCUT2D eigenvalue weighted by Crippen LogP contribution is 2.29. The molecule has 0 bridgehead atoms. The van der Waals surface area contributed by atoms with Gasteiger partial charge in [0.05, 0.1) is 27.4 Å². The fraction of sp³-hybridized carbons (Fsp3) is 0.125. The van der Waals surface area contributed by atoms with Gasteiger partial charge in [-0.15, -0.1) is 0 Å². The van der Waals surface area contributed by atoms with E-state index >= 15 is 0 Å². The minimum atomic E-state index is 0.710. The van der Waals surface area contributed by atoms with Crippen LogP contribution in [0.4, 0.5) is 0 Å². The van der Waals surface area contributed by atoms with Crippen LogP contribution < -0.4 is 0 Å². The quantitative estimate of drug-likeness (QED) is 0.683. The van der Waals surface area contributed by atoms with Crippen LogP contribution in [0.2, 0.25) is 5.02 Å². The Morgan fingerprint density at radius 2 is 1.53 bits per heavy atom. The van der Waals surface area contributed by atoms with Gasteiger partial charge in [-0.05, 0) is 24.6 Å². The van der Waals surface area contributed by atoms with Gasteiger partial charge >= 0.3 is 0 Å². The number of para-hydroxylation sites is 2. The van der Waals surface area contributed by atoms with Crippen LogP contribution in [0.1, 0.15) is 12.6 Å². The normalized spacial score (nSPS) is 10.8. The Balaban J connectivity index is 2.31. The Bertz CT molecular complexity index is 738. The van der Waals surface area contributed by atoms with Crippen molar-refractivity contribution in [1.82, 2.24) is 9.97 Å². The zero-order valence-electron chi connectivity index (χ0n) is 10.6. The average molecular weight is 269 g/mol. The number of nitrogens with zero attached hydrogens (tertiary/aromatic N) is 2. The lowest BCUT2D eigenvalue weighted by molar-refractivity contribution is 1.04. The summed E-state index contributed by atoms with van der Waals surface area (Å²) in [6, 6.07) is 15.7. The fourth-order valence-electron chi connectivity index (χ4n) is 2.15. The van der Waals surface area contributed by atoms with Crippen LogP contribution in [-0.4, -0.2) is 9.97 Å². The van der Waals surface area contributed by atoms with Gasteiger partial charge in [0.2, 0.25) is 0 Å². The van der Waals surface area contributed by atoms with E-state index in [0.29, 0.717) is 5.02 Å². The van der Waals surface area contributed by atoms with Crippen LogP contribution in [0.25, 0.3) is 22.3 Å². The number of rotatable bonds is 2. The molecule has 1 aromatic heterocycles. The Morgan fingerprint density at radius 1 is 0.895 bits per heavy atom. The van der Waals surface area contributed by atoms with Crippen LogP contribution in [0, 0.1) is 0 Å². The van der Waals surface area contributed by atoms with E-state index < -0.39 is 0 Å². The molecule has 0 radical (unpaired) electrons. The van der Waals surface area contributed by atoms with Gasteiger partial charge in [-0.2, -0.15) is 0 Å². The van der Waals surface area contributed by atoms with Crippen LogP contribution in [0.3, 0.4) is 0 Å². The van der Waals surface area contributed by atoms with E-state index in [1.807, 2.05) is 48.5 Å². The highest BCUT2D eigenvalue weighted by Gasteiger charge is 2.11. The standard InChI is InChI=1S/C16H13ClN2/c1-2-13-16(11-7-3-4-8-12(11)17)19-15-10-6-5-9-14(15)18-13/h3-10H,2H2,1H3. The lowest BCUT2D eigenvalue weighted by Gasteiger charge is -2.09. The summed E-state index contributed by atoms with van der Waals surface area (Å²) >= 11 is 6.27. The molecule has 0 atom stereocenters. The molecule has 0 aliphatic carbocycles. The first-order valence-electron chi connectivity index (χ1n) is 6.30. The summed E-state index contributed by atoms with van der Waals surface area (Å²) in [5.74, 6) is 0. The first-order chi connectivity index (χ1) is 9.29. The molecular weight excluding hydrogens is 256 g/mol. The molecular formula is C16H13ClN2. The zero-order chi connectivity index (χ0) is 13.2. The van der Waals surface area contributed by atoms with Crippen molar-refractivity contribution in [3.8, 4) is 11.3 Å². The maximum Gasteiger partial charge on any atom is 0.0939 e. The van der Waals surface area contributed by atoms with Crippen molar-refractivity contribution in [1.29, 1.82) is 0 Å². The van der Waals surface area contributed by atoms with Gasteiger partial charge in [0, 0.05) is 5.56 Å². The second kappa shape index (κ2) is 4.98. The molecule has 0 spiro atoms. The molecule has 0 saturated heterocycles. The largest absolute Gasteiger partial charge is 0.249 e. The van der Waals surface area contributed by atoms with E-state index in [-0.39, 0.29) is 0 Å². The highest BCUT2D eigenvalue weighted by molar-refractivity contribution is 6.33. The maximum atomic E-state index is 6.27. The molecule has 2 nitrogen and oxygen atoms in total. The summed E-state index contributed by atoms with van der Waals surface area (Å²) in [4.78, 5) is 9.42. The van der Waals surface area contributed by atoms with Gasteiger partial charge < -0.3 is 0 Å². The second-order valence-corrected chi connectivity index (χ2v) is 4.75. The predicted octanol–water partition coefficient (Wildman–Crippen LogP) is 4.51. The molecule has 0 aliphatic heterocycles. The lowest BCUT2D eigenvalue weighted by atomic mass is 10.1. The highest BCUT2D eigenvalue weighted by atomic mass is 35.5. The minimum absolute atomic E-state index is 0.710. The van der Waals surface area contributed by atoms with Crippen LogP contribution >= 0.6 is 11.6 Å². The molecule has 0 fully saturated rings. The lowest BCUT2D eigenvalue weighted by Crippen LogP contribution is -1.98. The van der Waals surface area contributed by atoms with Crippen molar-refractivity contribution in [3.05, 3.63) is 59.2 Å². The molecule has 0 N–H and O–H groups in total. The summed E-state index contributed by atoms with van der Waals surface area (Å²) in [5, 5.41) is 0.710. The molecule has 0 unspecified atom stereocenters. The van der Waals surface area contributed by atoms with E-state index in [4.69, 9.17) is 21.6 Å². The number of halogens is 1. The van der Waals surface area contributed by atoms with Crippen LogP contribution in [0.5, 0.6) is 0 Å². The van der Waals surface area contributed by atoms with Crippen molar-refractivity contribution in [2.75, 3.05) is 0 Å². The number of hydrogen-bond acceptors (Lipinski definition) is 2. The molecule has 0 saturated carbocycles. The molecule has 3 heteroatoms. The predicted molar refractivity (Wildman–Crippen MR) is 79.4 cm³/mol. The Kier molecular flexibility index (Phi) is 3.18. The fourth-order valence-corrected chi connectivity index (χ4v) is 2.38. The van der Waals surface area contributed by atoms with Gasteiger partial charge in [0.25, 0.3) is 0 Å². The number of hydrogen-bond donors (Lipinski definition) is 0. The van der Waals surface area contributed by atoms with Crippen molar-refractivity contribution in [2.24, 2.45) is 0 Å². The third-order valence-electron chi connectivity index (χ3n) is 3.11. The molecule has 3 rings (SSSR count). The minimum Gasteiger partial charge on any atom is -0.249 e. The molecule has 0 amide bonds. The Morgan fingerprint density at radius 3 is 2.21 bits per heavy atom. The van der Waals surface area contributed by atoms with E-state index in [1.54, 1.807) is 0 Å². The van der Waals surface area contributed by atoms with E-state index in [0.717, 1.165) is 34.4 Å². The second-order valence-electron chi connectivity index (χ2n) is 4.34. The van der Waals surface area contributed by atoms with E-state index in [2.05, 4.69) is 6.92 Å². The number of fused-ring (bicyclic) bond motifs is 1. The zero-order valence-corrected chi connectivity index (χ0v) is 11.4. The molecule has 3 aromatic rings. The molecule has 94 valence electrons. The summed E-state index contributed by atoms with van der Waals surface area (Å²) in [7, 11) is 0. The molecule has 19 heavy (non-hydrogen) atoms. The topological polar surface area (TPSA) is 25.8 Å². The van der Waals surface area contributed by atoms with Crippen molar-refractivity contribution < 1.29 is 0 Å². The average Bonchev–Trinajstić information content (AvgIpc) is 2.46. The van der Waals surface area contributed by atoms with Crippen molar-refractivity contribution >= 4 is 22.6 Å². The molecule has 1 heterocycles. The van der Waals surface area contributed by atoms with Crippen LogP contribution in [-0.2, 0) is 6.42 Å². The maximum absolute atomic E-state index is 6.27. The van der Waals surface area contributed by atoms with Gasteiger partial charge in [-0.25, -0.2) is 9.97 Å². The van der Waals surface area contributed by atoms with E-state index in [9.17, 15) is 0 Å². The molecule has 0 aliphatic rings. The number of aromatic nitrogens is 2. The van der Waals surface area contributed by atoms with Gasteiger partial charge in [-0.3, -0.25) is 0 Å². The summed E-state index contributed by atoms with van der Waals surface area (Å²) < 4.78 is 0. The van der Waals surface area contributed by atoms with Crippen molar-refractivity contribution in [2.45, 2.75) is 13.3 Å².